The standard InChI is InChI=1S/C14H26N4O3.2ClH/c1-21-9-4-16-13(19)11-17-5-7-18(8-6-17)14(20)12-2-3-15-10-12;;/h12,15H,2-11H2,1H3,(H,16,19);2*1H. The quantitative estimate of drug-likeness (QED) is 0.607. The summed E-state index contributed by atoms with van der Waals surface area (Å²) in [6, 6.07) is 0. The van der Waals surface area contributed by atoms with Crippen LogP contribution in [0.5, 0.6) is 0 Å². The Hall–Kier alpha value is -0.600. The molecule has 2 heterocycles. The SMILES string of the molecule is COCCNC(=O)CN1CCN(C(=O)C2CCNC2)CC1.Cl.Cl. The molecule has 2 saturated heterocycles. The van der Waals surface area contributed by atoms with Gasteiger partial charge >= 0.3 is 0 Å². The molecule has 2 amide bonds. The highest BCUT2D eigenvalue weighted by Crippen LogP contribution is 2.13. The van der Waals surface area contributed by atoms with Crippen molar-refractivity contribution in [2.75, 3.05) is 66.1 Å². The number of nitrogens with zero attached hydrogens (tertiary/aromatic N) is 2. The molecule has 0 spiro atoms. The number of nitrogens with one attached hydrogen (secondary N) is 2. The minimum Gasteiger partial charge on any atom is -0.383 e. The Morgan fingerprint density at radius 2 is 1.91 bits per heavy atom. The van der Waals surface area contributed by atoms with Gasteiger partial charge in [-0.2, -0.15) is 0 Å². The molecule has 2 aliphatic heterocycles. The van der Waals surface area contributed by atoms with Crippen LogP contribution in [0, 0.1) is 5.92 Å². The summed E-state index contributed by atoms with van der Waals surface area (Å²) in [4.78, 5) is 28.0. The Morgan fingerprint density at radius 1 is 1.22 bits per heavy atom. The molecule has 136 valence electrons. The van der Waals surface area contributed by atoms with Crippen molar-refractivity contribution in [1.82, 2.24) is 20.4 Å². The van der Waals surface area contributed by atoms with E-state index in [1.165, 1.54) is 0 Å². The lowest BCUT2D eigenvalue weighted by Crippen LogP contribution is -2.52. The molecule has 2 aliphatic rings. The Labute approximate surface area is 150 Å². The van der Waals surface area contributed by atoms with E-state index >= 15 is 0 Å². The Kier molecular flexibility index (Phi) is 11.6. The fraction of sp³-hybridized carbons (Fsp3) is 0.857. The van der Waals surface area contributed by atoms with E-state index < -0.39 is 0 Å². The van der Waals surface area contributed by atoms with Gasteiger partial charge in [0.15, 0.2) is 0 Å². The number of hydrogen-bond donors (Lipinski definition) is 2. The number of hydrogen-bond acceptors (Lipinski definition) is 5. The van der Waals surface area contributed by atoms with E-state index in [2.05, 4.69) is 15.5 Å². The van der Waals surface area contributed by atoms with E-state index in [0.29, 0.717) is 19.7 Å². The number of carbonyl (C=O) groups is 2. The van der Waals surface area contributed by atoms with E-state index in [1.54, 1.807) is 7.11 Å². The highest BCUT2D eigenvalue weighted by atomic mass is 35.5. The third-order valence-electron chi connectivity index (χ3n) is 4.09. The van der Waals surface area contributed by atoms with Gasteiger partial charge in [0.1, 0.15) is 0 Å². The van der Waals surface area contributed by atoms with E-state index in [1.807, 2.05) is 4.90 Å². The fourth-order valence-corrected chi connectivity index (χ4v) is 2.80. The maximum Gasteiger partial charge on any atom is 0.234 e. The first kappa shape index (κ1) is 22.4. The van der Waals surface area contributed by atoms with Crippen LogP contribution in [-0.2, 0) is 14.3 Å². The summed E-state index contributed by atoms with van der Waals surface area (Å²) in [6.07, 6.45) is 0.945. The van der Waals surface area contributed by atoms with Gasteiger partial charge in [0, 0.05) is 46.4 Å². The second-order valence-electron chi connectivity index (χ2n) is 5.63. The van der Waals surface area contributed by atoms with Crippen molar-refractivity contribution < 1.29 is 14.3 Å². The van der Waals surface area contributed by atoms with Crippen LogP contribution in [-0.4, -0.2) is 87.7 Å². The van der Waals surface area contributed by atoms with Crippen molar-refractivity contribution in [2.45, 2.75) is 6.42 Å². The molecule has 9 heteroatoms. The van der Waals surface area contributed by atoms with Crippen LogP contribution < -0.4 is 10.6 Å². The van der Waals surface area contributed by atoms with Gasteiger partial charge in [0.05, 0.1) is 19.1 Å². The van der Waals surface area contributed by atoms with Crippen molar-refractivity contribution in [3.05, 3.63) is 0 Å². The maximum absolute atomic E-state index is 12.3. The largest absolute Gasteiger partial charge is 0.383 e. The van der Waals surface area contributed by atoms with E-state index in [-0.39, 0.29) is 42.5 Å². The molecule has 7 nitrogen and oxygen atoms in total. The number of methoxy groups -OCH3 is 1. The van der Waals surface area contributed by atoms with Crippen molar-refractivity contribution in [1.29, 1.82) is 0 Å². The molecule has 0 bridgehead atoms. The zero-order chi connectivity index (χ0) is 15.1. The van der Waals surface area contributed by atoms with Gasteiger partial charge in [0.25, 0.3) is 0 Å². The van der Waals surface area contributed by atoms with Gasteiger partial charge in [-0.05, 0) is 13.0 Å². The van der Waals surface area contributed by atoms with Crippen LogP contribution in [0.4, 0.5) is 0 Å². The summed E-state index contributed by atoms with van der Waals surface area (Å²) < 4.78 is 4.89. The average molecular weight is 371 g/mol. The second-order valence-corrected chi connectivity index (χ2v) is 5.63. The van der Waals surface area contributed by atoms with Crippen LogP contribution in [0.25, 0.3) is 0 Å². The van der Waals surface area contributed by atoms with Crippen LogP contribution in [0.2, 0.25) is 0 Å². The van der Waals surface area contributed by atoms with Gasteiger partial charge in [-0.15, -0.1) is 24.8 Å². The van der Waals surface area contributed by atoms with Gasteiger partial charge in [0.2, 0.25) is 11.8 Å². The molecular weight excluding hydrogens is 343 g/mol. The molecule has 2 fully saturated rings. The summed E-state index contributed by atoms with van der Waals surface area (Å²) in [5.74, 6) is 0.435. The van der Waals surface area contributed by atoms with Crippen molar-refractivity contribution in [3.8, 4) is 0 Å². The van der Waals surface area contributed by atoms with Gasteiger partial charge in [-0.3, -0.25) is 14.5 Å². The second kappa shape index (κ2) is 11.9. The summed E-state index contributed by atoms with van der Waals surface area (Å²) in [7, 11) is 1.61. The van der Waals surface area contributed by atoms with Crippen LogP contribution >= 0.6 is 24.8 Å². The summed E-state index contributed by atoms with van der Waals surface area (Å²) in [6.45, 7) is 6.20. The first-order valence-corrected chi connectivity index (χ1v) is 7.68. The predicted octanol–water partition coefficient (Wildman–Crippen LogP) is -0.654. The number of amides is 2. The fourth-order valence-electron chi connectivity index (χ4n) is 2.80. The molecule has 0 aromatic rings. The van der Waals surface area contributed by atoms with Crippen molar-refractivity contribution in [3.63, 3.8) is 0 Å². The molecular formula is C14H28Cl2N4O3. The van der Waals surface area contributed by atoms with E-state index in [0.717, 1.165) is 45.7 Å². The first-order chi connectivity index (χ1) is 10.2. The third-order valence-corrected chi connectivity index (χ3v) is 4.09. The van der Waals surface area contributed by atoms with Crippen LogP contribution in [0.1, 0.15) is 6.42 Å². The highest BCUT2D eigenvalue weighted by Gasteiger charge is 2.29. The predicted molar refractivity (Wildman–Crippen MR) is 93.4 cm³/mol. The lowest BCUT2D eigenvalue weighted by Gasteiger charge is -2.35. The normalized spacial score (nSPS) is 21.3. The molecule has 0 aromatic carbocycles. The average Bonchev–Trinajstić information content (AvgIpc) is 3.02. The molecule has 0 aromatic heterocycles. The first-order valence-electron chi connectivity index (χ1n) is 7.68. The highest BCUT2D eigenvalue weighted by molar-refractivity contribution is 5.85. The Balaban J connectivity index is 0.00000242. The molecule has 2 N–H and O–H groups in total. The summed E-state index contributed by atoms with van der Waals surface area (Å²) in [5.41, 5.74) is 0. The maximum atomic E-state index is 12.3. The Bertz CT molecular complexity index is 360. The van der Waals surface area contributed by atoms with Crippen molar-refractivity contribution >= 4 is 36.6 Å². The topological polar surface area (TPSA) is 73.9 Å². The monoisotopic (exact) mass is 370 g/mol. The zero-order valence-corrected chi connectivity index (χ0v) is 15.2. The van der Waals surface area contributed by atoms with Crippen LogP contribution in [0.15, 0.2) is 0 Å². The van der Waals surface area contributed by atoms with Crippen molar-refractivity contribution in [2.24, 2.45) is 5.92 Å². The van der Waals surface area contributed by atoms with Crippen LogP contribution in [0.3, 0.4) is 0 Å². The number of rotatable bonds is 6. The molecule has 1 unspecified atom stereocenters. The number of carbonyl (C=O) groups excluding carboxylic acids is 2. The third kappa shape index (κ3) is 7.22. The number of ether oxygens (including phenoxy) is 1. The van der Waals surface area contributed by atoms with E-state index in [9.17, 15) is 9.59 Å². The van der Waals surface area contributed by atoms with Gasteiger partial charge in [-0.1, -0.05) is 0 Å². The molecule has 0 saturated carbocycles. The molecule has 1 atom stereocenters. The number of piperazine rings is 1. The molecule has 2 rings (SSSR count). The minimum atomic E-state index is 0. The lowest BCUT2D eigenvalue weighted by atomic mass is 10.1. The van der Waals surface area contributed by atoms with Gasteiger partial charge in [-0.25, -0.2) is 0 Å². The summed E-state index contributed by atoms with van der Waals surface area (Å²) >= 11 is 0. The van der Waals surface area contributed by atoms with E-state index in [4.69, 9.17) is 4.74 Å². The molecule has 23 heavy (non-hydrogen) atoms. The Morgan fingerprint density at radius 3 is 2.48 bits per heavy atom. The molecule has 0 aliphatic carbocycles. The smallest absolute Gasteiger partial charge is 0.234 e. The zero-order valence-electron chi connectivity index (χ0n) is 13.6. The minimum absolute atomic E-state index is 0. The lowest BCUT2D eigenvalue weighted by molar-refractivity contribution is -0.136. The summed E-state index contributed by atoms with van der Waals surface area (Å²) in [5, 5.41) is 6.05. The van der Waals surface area contributed by atoms with Gasteiger partial charge < -0.3 is 20.3 Å². The number of halogens is 2. The molecule has 0 radical (unpaired) electrons.